The number of imidazole rings is 1. The van der Waals surface area contributed by atoms with Crippen LogP contribution in [0, 0.1) is 11.3 Å². The van der Waals surface area contributed by atoms with Crippen LogP contribution < -0.4 is 0 Å². The highest BCUT2D eigenvalue weighted by atomic mass is 35.5. The van der Waals surface area contributed by atoms with Crippen LogP contribution in [0.2, 0.25) is 0 Å². The third-order valence-electron chi connectivity index (χ3n) is 6.66. The maximum atomic E-state index is 13.5. The number of nitrogens with zero attached hydrogens (tertiary/aromatic N) is 6. The van der Waals surface area contributed by atoms with Crippen molar-refractivity contribution in [3.8, 4) is 6.07 Å². The molecule has 1 aliphatic rings. The minimum absolute atomic E-state index is 0. The zero-order chi connectivity index (χ0) is 24.7. The molecule has 2 aromatic carbocycles. The molecule has 1 saturated heterocycles. The molecule has 5 rings (SSSR count). The van der Waals surface area contributed by atoms with Gasteiger partial charge in [0.2, 0.25) is 5.91 Å². The Morgan fingerprint density at radius 3 is 2.35 bits per heavy atom. The largest absolute Gasteiger partial charge is 0.337 e. The molecule has 7 nitrogen and oxygen atoms in total. The second-order valence-corrected chi connectivity index (χ2v) is 9.13. The van der Waals surface area contributed by atoms with Gasteiger partial charge in [0, 0.05) is 51.3 Å². The average molecular weight is 513 g/mol. The fourth-order valence-electron chi connectivity index (χ4n) is 4.73. The average Bonchev–Trinajstić information content (AvgIpc) is 3.51. The normalized spacial score (nSPS) is 15.0. The summed E-state index contributed by atoms with van der Waals surface area (Å²) in [6.45, 7) is 3.29. The summed E-state index contributed by atoms with van der Waals surface area (Å²) in [5.41, 5.74) is 5.06. The standard InChI is InChI=1S/C29H28N6O.ClH/c30-16-23-6-8-25(9-7-23)20-35-22-32-17-27(35)21-34(19-26-10-13-31-14-11-26)28-12-15-33(29(28)36)18-24-4-2-1-3-5-24;/h1-11,13-14,17,22,28H,12,15,18-21H2;1H/t28-;/m0./s1. The lowest BCUT2D eigenvalue weighted by Gasteiger charge is -2.28. The number of carbonyl (C=O) groups is 1. The highest BCUT2D eigenvalue weighted by molar-refractivity contribution is 5.85. The Morgan fingerprint density at radius 2 is 1.62 bits per heavy atom. The number of halogens is 1. The van der Waals surface area contributed by atoms with Crippen LogP contribution in [-0.2, 0) is 31.0 Å². The molecule has 3 heterocycles. The summed E-state index contributed by atoms with van der Waals surface area (Å²) in [4.78, 5) is 26.3. The molecule has 37 heavy (non-hydrogen) atoms. The van der Waals surface area contributed by atoms with Gasteiger partial charge in [-0.3, -0.25) is 14.7 Å². The highest BCUT2D eigenvalue weighted by Gasteiger charge is 2.36. The molecule has 0 unspecified atom stereocenters. The molecule has 4 aromatic rings. The van der Waals surface area contributed by atoms with E-state index in [9.17, 15) is 4.79 Å². The number of hydrogen-bond acceptors (Lipinski definition) is 5. The van der Waals surface area contributed by atoms with Gasteiger partial charge in [-0.15, -0.1) is 12.4 Å². The molecule has 0 bridgehead atoms. The number of aromatic nitrogens is 3. The summed E-state index contributed by atoms with van der Waals surface area (Å²) < 4.78 is 2.11. The van der Waals surface area contributed by atoms with E-state index in [2.05, 4.69) is 37.6 Å². The van der Waals surface area contributed by atoms with Gasteiger partial charge in [0.25, 0.3) is 0 Å². The van der Waals surface area contributed by atoms with Crippen LogP contribution >= 0.6 is 12.4 Å². The summed E-state index contributed by atoms with van der Waals surface area (Å²) >= 11 is 0. The SMILES string of the molecule is Cl.N#Cc1ccc(Cn2cncc2CN(Cc2ccncc2)[C@H]2CCN(Cc3ccccc3)C2=O)cc1. The van der Waals surface area contributed by atoms with E-state index in [-0.39, 0.29) is 24.4 Å². The molecule has 2 aromatic heterocycles. The van der Waals surface area contributed by atoms with Gasteiger partial charge in [-0.1, -0.05) is 42.5 Å². The van der Waals surface area contributed by atoms with Gasteiger partial charge in [0.05, 0.1) is 29.7 Å². The monoisotopic (exact) mass is 512 g/mol. The molecule has 0 saturated carbocycles. The lowest BCUT2D eigenvalue weighted by atomic mass is 10.1. The lowest BCUT2D eigenvalue weighted by Crippen LogP contribution is -2.41. The zero-order valence-corrected chi connectivity index (χ0v) is 21.3. The van der Waals surface area contributed by atoms with Crippen LogP contribution in [0.1, 0.15) is 34.4 Å². The van der Waals surface area contributed by atoms with E-state index in [4.69, 9.17) is 5.26 Å². The van der Waals surface area contributed by atoms with Crippen LogP contribution in [0.4, 0.5) is 0 Å². The van der Waals surface area contributed by atoms with Crippen LogP contribution in [0.3, 0.4) is 0 Å². The van der Waals surface area contributed by atoms with Crippen molar-refractivity contribution in [2.75, 3.05) is 6.54 Å². The van der Waals surface area contributed by atoms with Crippen molar-refractivity contribution in [2.45, 2.75) is 38.6 Å². The summed E-state index contributed by atoms with van der Waals surface area (Å²) in [6.07, 6.45) is 8.09. The maximum absolute atomic E-state index is 13.5. The fraction of sp³-hybridized carbons (Fsp3) is 0.241. The molecule has 1 amide bonds. The van der Waals surface area contributed by atoms with Gasteiger partial charge in [-0.25, -0.2) is 4.98 Å². The quantitative estimate of drug-likeness (QED) is 0.331. The summed E-state index contributed by atoms with van der Waals surface area (Å²) in [5, 5.41) is 9.07. The Kier molecular flexibility index (Phi) is 8.68. The number of carbonyl (C=O) groups excluding carboxylic acids is 1. The first-order valence-corrected chi connectivity index (χ1v) is 12.1. The van der Waals surface area contributed by atoms with Gasteiger partial charge in [-0.05, 0) is 47.4 Å². The van der Waals surface area contributed by atoms with Crippen molar-refractivity contribution >= 4 is 18.3 Å². The smallest absolute Gasteiger partial charge is 0.240 e. The fourth-order valence-corrected chi connectivity index (χ4v) is 4.73. The van der Waals surface area contributed by atoms with E-state index in [1.165, 1.54) is 0 Å². The van der Waals surface area contributed by atoms with E-state index in [0.29, 0.717) is 31.7 Å². The summed E-state index contributed by atoms with van der Waals surface area (Å²) in [6, 6.07) is 23.7. The number of rotatable bonds is 9. The van der Waals surface area contributed by atoms with Gasteiger partial charge in [0.1, 0.15) is 0 Å². The van der Waals surface area contributed by atoms with E-state index in [1.807, 2.05) is 72.0 Å². The van der Waals surface area contributed by atoms with Crippen LogP contribution in [0.5, 0.6) is 0 Å². The van der Waals surface area contributed by atoms with E-state index < -0.39 is 0 Å². The number of nitriles is 1. The Labute approximate surface area is 223 Å². The Morgan fingerprint density at radius 1 is 0.892 bits per heavy atom. The topological polar surface area (TPSA) is 78.1 Å². The number of hydrogen-bond donors (Lipinski definition) is 0. The molecule has 8 heteroatoms. The highest BCUT2D eigenvalue weighted by Crippen LogP contribution is 2.24. The number of amides is 1. The maximum Gasteiger partial charge on any atom is 0.240 e. The van der Waals surface area contributed by atoms with E-state index in [1.54, 1.807) is 12.4 Å². The minimum atomic E-state index is -0.194. The molecule has 0 aliphatic carbocycles. The molecule has 1 atom stereocenters. The second-order valence-electron chi connectivity index (χ2n) is 9.13. The van der Waals surface area contributed by atoms with Crippen LogP contribution in [0.25, 0.3) is 0 Å². The third kappa shape index (κ3) is 6.42. The summed E-state index contributed by atoms with van der Waals surface area (Å²) in [7, 11) is 0. The Hall–Kier alpha value is -3.99. The number of pyridine rings is 1. The van der Waals surface area contributed by atoms with E-state index >= 15 is 0 Å². The number of benzene rings is 2. The van der Waals surface area contributed by atoms with Crippen molar-refractivity contribution in [3.05, 3.63) is 120 Å². The first-order chi connectivity index (χ1) is 17.7. The Balaban J connectivity index is 0.00000320. The summed E-state index contributed by atoms with van der Waals surface area (Å²) in [5.74, 6) is 0.172. The van der Waals surface area contributed by atoms with Gasteiger partial charge in [-0.2, -0.15) is 5.26 Å². The van der Waals surface area contributed by atoms with Crippen molar-refractivity contribution in [1.82, 2.24) is 24.3 Å². The van der Waals surface area contributed by atoms with Gasteiger partial charge < -0.3 is 9.47 Å². The number of likely N-dealkylation sites (tertiary alicyclic amines) is 1. The molecule has 188 valence electrons. The van der Waals surface area contributed by atoms with Gasteiger partial charge >= 0.3 is 0 Å². The predicted octanol–water partition coefficient (Wildman–Crippen LogP) is 4.42. The molecule has 0 spiro atoms. The Bertz CT molecular complexity index is 1330. The molecule has 1 fully saturated rings. The molecular weight excluding hydrogens is 484 g/mol. The molecule has 0 radical (unpaired) electrons. The lowest BCUT2D eigenvalue weighted by molar-refractivity contribution is -0.133. The van der Waals surface area contributed by atoms with Crippen LogP contribution in [-0.4, -0.2) is 42.8 Å². The van der Waals surface area contributed by atoms with Crippen LogP contribution in [0.15, 0.2) is 91.6 Å². The van der Waals surface area contributed by atoms with Crippen molar-refractivity contribution < 1.29 is 4.79 Å². The first kappa shape index (κ1) is 26.1. The third-order valence-corrected chi connectivity index (χ3v) is 6.66. The molecular formula is C29H29ClN6O. The molecule has 1 aliphatic heterocycles. The second kappa shape index (κ2) is 12.3. The van der Waals surface area contributed by atoms with Gasteiger partial charge in [0.15, 0.2) is 0 Å². The first-order valence-electron chi connectivity index (χ1n) is 12.1. The predicted molar refractivity (Wildman–Crippen MR) is 143 cm³/mol. The van der Waals surface area contributed by atoms with E-state index in [0.717, 1.165) is 35.3 Å². The van der Waals surface area contributed by atoms with Crippen molar-refractivity contribution in [2.24, 2.45) is 0 Å². The minimum Gasteiger partial charge on any atom is -0.337 e. The zero-order valence-electron chi connectivity index (χ0n) is 20.5. The van der Waals surface area contributed by atoms with Crippen molar-refractivity contribution in [1.29, 1.82) is 5.26 Å². The molecule has 0 N–H and O–H groups in total. The van der Waals surface area contributed by atoms with Crippen molar-refractivity contribution in [3.63, 3.8) is 0 Å².